The summed E-state index contributed by atoms with van der Waals surface area (Å²) < 4.78 is 11.6. The normalized spacial score (nSPS) is 16.6. The fraction of sp³-hybridized carbons (Fsp3) is 0.536. The van der Waals surface area contributed by atoms with E-state index in [9.17, 15) is 14.4 Å². The summed E-state index contributed by atoms with van der Waals surface area (Å²) in [7, 11) is 4.76. The Labute approximate surface area is 229 Å². The molecule has 0 bridgehead atoms. The number of aryl methyl sites for hydroxylation is 1. The lowest BCUT2D eigenvalue weighted by atomic mass is 10.1. The van der Waals surface area contributed by atoms with E-state index < -0.39 is 12.1 Å². The first kappa shape index (κ1) is 29.8. The molecule has 0 saturated carbocycles. The molecule has 3 rings (SSSR count). The molecule has 1 aliphatic heterocycles. The number of hydrogen-bond donors (Lipinski definition) is 2. The van der Waals surface area contributed by atoms with Gasteiger partial charge in [-0.25, -0.2) is 0 Å². The number of rotatable bonds is 15. The van der Waals surface area contributed by atoms with Gasteiger partial charge in [-0.1, -0.05) is 36.4 Å². The van der Waals surface area contributed by atoms with E-state index in [4.69, 9.17) is 9.47 Å². The Bertz CT molecular complexity index is 998. The van der Waals surface area contributed by atoms with Crippen molar-refractivity contribution in [1.29, 1.82) is 0 Å². The monoisotopic (exact) mass is 544 g/mol. The Kier molecular flexibility index (Phi) is 12.2. The van der Waals surface area contributed by atoms with Gasteiger partial charge in [0.05, 0.1) is 19.8 Å². The number of carbonyl (C=O) groups is 3. The number of thiophene rings is 1. The van der Waals surface area contributed by atoms with Crippen LogP contribution < -0.4 is 10.6 Å². The first-order chi connectivity index (χ1) is 18.4. The van der Waals surface area contributed by atoms with Gasteiger partial charge in [-0.15, -0.1) is 11.3 Å². The van der Waals surface area contributed by atoms with Gasteiger partial charge in [-0.3, -0.25) is 14.4 Å². The molecule has 0 radical (unpaired) electrons. The highest BCUT2D eigenvalue weighted by molar-refractivity contribution is 7.09. The highest BCUT2D eigenvalue weighted by Gasteiger charge is 2.35. The minimum atomic E-state index is -0.904. The molecule has 10 heteroatoms. The van der Waals surface area contributed by atoms with E-state index in [1.165, 1.54) is 9.80 Å². The topological polar surface area (TPSA) is 100 Å². The zero-order valence-electron chi connectivity index (χ0n) is 22.6. The summed E-state index contributed by atoms with van der Waals surface area (Å²) in [6.45, 7) is 1.58. The van der Waals surface area contributed by atoms with Gasteiger partial charge in [0.25, 0.3) is 0 Å². The standard InChI is InChI=1S/C28H40N4O5S/c1-29-27(34)24(14-13-23-12-8-16-38-23)32(3)28(35)25(19-36-17-21-9-5-4-6-10-21)31(2)26(33)20-37-18-22-11-7-15-30-22/h4-6,8-10,12,16,22,24-25,30H,7,11,13-15,17-20H2,1-3H3,(H,29,34)/t22-,24+,25+/m0/s1. The third-order valence-corrected chi connectivity index (χ3v) is 7.78. The molecule has 1 fully saturated rings. The maximum absolute atomic E-state index is 13.8. The quantitative estimate of drug-likeness (QED) is 0.356. The van der Waals surface area contributed by atoms with Crippen molar-refractivity contribution in [3.05, 3.63) is 58.3 Å². The smallest absolute Gasteiger partial charge is 0.249 e. The van der Waals surface area contributed by atoms with Crippen molar-refractivity contribution in [3.63, 3.8) is 0 Å². The Morgan fingerprint density at radius 2 is 1.87 bits per heavy atom. The van der Waals surface area contributed by atoms with Crippen LogP contribution in [0.5, 0.6) is 0 Å². The van der Waals surface area contributed by atoms with Crippen molar-refractivity contribution >= 4 is 29.1 Å². The molecule has 1 saturated heterocycles. The largest absolute Gasteiger partial charge is 0.374 e. The molecule has 2 aromatic rings. The van der Waals surface area contributed by atoms with Gasteiger partial charge >= 0.3 is 0 Å². The van der Waals surface area contributed by atoms with E-state index in [0.717, 1.165) is 29.8 Å². The van der Waals surface area contributed by atoms with Crippen molar-refractivity contribution in [3.8, 4) is 0 Å². The highest BCUT2D eigenvalue weighted by atomic mass is 32.1. The predicted molar refractivity (Wildman–Crippen MR) is 148 cm³/mol. The van der Waals surface area contributed by atoms with E-state index in [0.29, 0.717) is 26.1 Å². The van der Waals surface area contributed by atoms with Crippen LogP contribution in [0.2, 0.25) is 0 Å². The molecule has 2 N–H and O–H groups in total. The minimum Gasteiger partial charge on any atom is -0.374 e. The van der Waals surface area contributed by atoms with Crippen LogP contribution in [-0.2, 0) is 36.9 Å². The molecule has 2 heterocycles. The molecular formula is C28H40N4O5S. The molecule has 1 aliphatic rings. The molecule has 9 nitrogen and oxygen atoms in total. The zero-order chi connectivity index (χ0) is 27.3. The zero-order valence-corrected chi connectivity index (χ0v) is 23.4. The number of amides is 3. The summed E-state index contributed by atoms with van der Waals surface area (Å²) in [5, 5.41) is 8.01. The Morgan fingerprint density at radius 3 is 2.53 bits per heavy atom. The van der Waals surface area contributed by atoms with Crippen LogP contribution in [0, 0.1) is 0 Å². The molecule has 1 aromatic heterocycles. The lowest BCUT2D eigenvalue weighted by Crippen LogP contribution is -2.56. The number of benzene rings is 1. The number of nitrogens with one attached hydrogen (secondary N) is 2. The molecule has 208 valence electrons. The van der Waals surface area contributed by atoms with Gasteiger partial charge in [0.1, 0.15) is 18.7 Å². The van der Waals surface area contributed by atoms with Crippen LogP contribution in [0.15, 0.2) is 47.8 Å². The maximum atomic E-state index is 13.8. The van der Waals surface area contributed by atoms with Gasteiger partial charge in [0.15, 0.2) is 0 Å². The first-order valence-corrected chi connectivity index (χ1v) is 14.0. The summed E-state index contributed by atoms with van der Waals surface area (Å²) >= 11 is 1.62. The number of hydrogen-bond acceptors (Lipinski definition) is 7. The molecule has 3 atom stereocenters. The Balaban J connectivity index is 1.67. The lowest BCUT2D eigenvalue weighted by Gasteiger charge is -2.34. The summed E-state index contributed by atoms with van der Waals surface area (Å²) in [4.78, 5) is 43.5. The van der Waals surface area contributed by atoms with Crippen LogP contribution in [0.1, 0.15) is 29.7 Å². The fourth-order valence-electron chi connectivity index (χ4n) is 4.46. The first-order valence-electron chi connectivity index (χ1n) is 13.1. The van der Waals surface area contributed by atoms with Crippen molar-refractivity contribution in [2.75, 3.05) is 47.5 Å². The summed E-state index contributed by atoms with van der Waals surface area (Å²) in [6.07, 6.45) is 3.26. The average molecular weight is 545 g/mol. The van der Waals surface area contributed by atoms with Crippen molar-refractivity contribution < 1.29 is 23.9 Å². The van der Waals surface area contributed by atoms with E-state index >= 15 is 0 Å². The average Bonchev–Trinajstić information content (AvgIpc) is 3.65. The van der Waals surface area contributed by atoms with Crippen LogP contribution in [-0.4, -0.2) is 93.2 Å². The second-order valence-electron chi connectivity index (χ2n) is 9.53. The molecule has 0 aliphatic carbocycles. The van der Waals surface area contributed by atoms with Crippen LogP contribution in [0.4, 0.5) is 0 Å². The number of ether oxygens (including phenoxy) is 2. The molecule has 3 amide bonds. The lowest BCUT2D eigenvalue weighted by molar-refractivity contribution is -0.152. The van der Waals surface area contributed by atoms with Crippen LogP contribution >= 0.6 is 11.3 Å². The Hall–Kier alpha value is -2.79. The number of carbonyl (C=O) groups excluding carboxylic acids is 3. The molecule has 0 spiro atoms. The fourth-order valence-corrected chi connectivity index (χ4v) is 5.19. The summed E-state index contributed by atoms with van der Waals surface area (Å²) in [5.74, 6) is -0.915. The number of nitrogens with zero attached hydrogens (tertiary/aromatic N) is 2. The van der Waals surface area contributed by atoms with Crippen molar-refractivity contribution in [2.24, 2.45) is 0 Å². The van der Waals surface area contributed by atoms with E-state index in [-0.39, 0.29) is 37.0 Å². The second kappa shape index (κ2) is 15.6. The van der Waals surface area contributed by atoms with Crippen molar-refractivity contribution in [2.45, 2.75) is 50.4 Å². The minimum absolute atomic E-state index is 0.00409. The summed E-state index contributed by atoms with van der Waals surface area (Å²) in [5.41, 5.74) is 0.965. The molecule has 1 aromatic carbocycles. The third kappa shape index (κ3) is 8.90. The van der Waals surface area contributed by atoms with Gasteiger partial charge in [0, 0.05) is 32.1 Å². The van der Waals surface area contributed by atoms with Crippen LogP contribution in [0.3, 0.4) is 0 Å². The van der Waals surface area contributed by atoms with E-state index in [1.54, 1.807) is 32.5 Å². The van der Waals surface area contributed by atoms with Crippen LogP contribution in [0.25, 0.3) is 0 Å². The molecule has 38 heavy (non-hydrogen) atoms. The van der Waals surface area contributed by atoms with E-state index in [2.05, 4.69) is 10.6 Å². The summed E-state index contributed by atoms with van der Waals surface area (Å²) in [6, 6.07) is 12.3. The van der Waals surface area contributed by atoms with Gasteiger partial charge in [-0.05, 0) is 49.2 Å². The molecular weight excluding hydrogens is 504 g/mol. The third-order valence-electron chi connectivity index (χ3n) is 6.85. The van der Waals surface area contributed by atoms with Gasteiger partial charge < -0.3 is 29.9 Å². The number of likely N-dealkylation sites (N-methyl/N-ethyl adjacent to an activating group) is 3. The Morgan fingerprint density at radius 1 is 1.08 bits per heavy atom. The molecule has 0 unspecified atom stereocenters. The maximum Gasteiger partial charge on any atom is 0.249 e. The second-order valence-corrected chi connectivity index (χ2v) is 10.6. The van der Waals surface area contributed by atoms with Gasteiger partial charge in [-0.2, -0.15) is 0 Å². The highest BCUT2D eigenvalue weighted by Crippen LogP contribution is 2.16. The predicted octanol–water partition coefficient (Wildman–Crippen LogP) is 2.07. The SMILES string of the molecule is CNC(=O)[C@@H](CCc1cccs1)N(C)C(=O)[C@@H](COCc1ccccc1)N(C)C(=O)COC[C@@H]1CCCN1. The van der Waals surface area contributed by atoms with Gasteiger partial charge in [0.2, 0.25) is 17.7 Å². The van der Waals surface area contributed by atoms with Crippen molar-refractivity contribution in [1.82, 2.24) is 20.4 Å². The van der Waals surface area contributed by atoms with E-state index in [1.807, 2.05) is 47.8 Å².